The van der Waals surface area contributed by atoms with E-state index in [0.717, 1.165) is 30.8 Å². The first-order valence-corrected chi connectivity index (χ1v) is 11.3. The molecule has 1 aromatic heterocycles. The van der Waals surface area contributed by atoms with Gasteiger partial charge >= 0.3 is 11.9 Å². The van der Waals surface area contributed by atoms with Crippen molar-refractivity contribution in [2.75, 3.05) is 4.72 Å². The van der Waals surface area contributed by atoms with Crippen molar-refractivity contribution < 1.29 is 27.9 Å². The van der Waals surface area contributed by atoms with E-state index in [0.29, 0.717) is 19.3 Å². The average molecular weight is 450 g/mol. The van der Waals surface area contributed by atoms with E-state index in [1.807, 2.05) is 26.8 Å². The number of nitrogens with one attached hydrogen (secondary N) is 1. The molecule has 168 valence electrons. The summed E-state index contributed by atoms with van der Waals surface area (Å²) in [5.41, 5.74) is 0.222. The second-order valence-electron chi connectivity index (χ2n) is 8.00. The molecule has 2 aromatic rings. The number of anilines is 1. The number of benzene rings is 1. The quantitative estimate of drug-likeness (QED) is 0.416. The van der Waals surface area contributed by atoms with Crippen molar-refractivity contribution >= 4 is 27.9 Å². The number of sulfonamides is 1. The summed E-state index contributed by atoms with van der Waals surface area (Å²) in [5.74, 6) is -1.63. The number of nitrogens with zero attached hydrogens (tertiary/aromatic N) is 2. The van der Waals surface area contributed by atoms with Crippen LogP contribution in [0.15, 0.2) is 41.6 Å². The monoisotopic (exact) mass is 449 g/mol. The van der Waals surface area contributed by atoms with Crippen molar-refractivity contribution in [1.82, 2.24) is 9.97 Å². The van der Waals surface area contributed by atoms with Crippen LogP contribution in [0.3, 0.4) is 0 Å². The summed E-state index contributed by atoms with van der Waals surface area (Å²) in [4.78, 5) is 30.0. The number of hydrogen-bond donors (Lipinski definition) is 2. The Kier molecular flexibility index (Phi) is 8.09. The predicted molar refractivity (Wildman–Crippen MR) is 114 cm³/mol. The summed E-state index contributed by atoms with van der Waals surface area (Å²) < 4.78 is 32.7. The number of aromatic nitrogens is 2. The second kappa shape index (κ2) is 10.3. The number of esters is 1. The molecule has 0 aliphatic heterocycles. The van der Waals surface area contributed by atoms with Crippen LogP contribution >= 0.6 is 0 Å². The Bertz CT molecular complexity index is 1010. The zero-order valence-corrected chi connectivity index (χ0v) is 18.6. The number of carboxylic acid groups (broad SMARTS) is 1. The molecule has 0 aliphatic carbocycles. The molecule has 0 aliphatic rings. The van der Waals surface area contributed by atoms with E-state index in [-0.39, 0.29) is 22.4 Å². The highest BCUT2D eigenvalue weighted by Gasteiger charge is 2.17. The molecule has 0 radical (unpaired) electrons. The molecule has 2 rings (SSSR count). The second-order valence-corrected chi connectivity index (χ2v) is 9.68. The molecule has 1 heterocycles. The van der Waals surface area contributed by atoms with Crippen LogP contribution in [0.1, 0.15) is 62.4 Å². The van der Waals surface area contributed by atoms with Gasteiger partial charge in [0.05, 0.1) is 10.5 Å². The van der Waals surface area contributed by atoms with Gasteiger partial charge in [-0.1, -0.05) is 18.6 Å². The van der Waals surface area contributed by atoms with Crippen molar-refractivity contribution in [3.05, 3.63) is 47.8 Å². The first-order chi connectivity index (χ1) is 14.5. The van der Waals surface area contributed by atoms with Crippen LogP contribution < -0.4 is 4.72 Å². The van der Waals surface area contributed by atoms with Crippen LogP contribution in [-0.2, 0) is 26.0 Å². The maximum Gasteiger partial charge on any atom is 0.338 e. The summed E-state index contributed by atoms with van der Waals surface area (Å²) in [5, 5.41) is 8.85. The van der Waals surface area contributed by atoms with Gasteiger partial charge in [-0.15, -0.1) is 0 Å². The number of hydrogen-bond acceptors (Lipinski definition) is 7. The van der Waals surface area contributed by atoms with Crippen LogP contribution in [0, 0.1) is 0 Å². The number of carbonyl (C=O) groups is 2. The van der Waals surface area contributed by atoms with Crippen molar-refractivity contribution in [3.63, 3.8) is 0 Å². The first kappa shape index (κ1) is 24.3. The Morgan fingerprint density at radius 1 is 1.10 bits per heavy atom. The molecule has 0 bridgehead atoms. The lowest BCUT2D eigenvalue weighted by Crippen LogP contribution is -2.23. The number of aryl methyl sites for hydroxylation is 1. The van der Waals surface area contributed by atoms with E-state index < -0.39 is 21.6 Å². The Labute approximate surface area is 181 Å². The van der Waals surface area contributed by atoms with E-state index in [4.69, 9.17) is 9.84 Å². The van der Waals surface area contributed by atoms with E-state index in [9.17, 15) is 18.0 Å². The van der Waals surface area contributed by atoms with Gasteiger partial charge in [0.1, 0.15) is 5.60 Å². The van der Waals surface area contributed by atoms with Gasteiger partial charge in [-0.05, 0) is 57.7 Å². The molecular formula is C21H27N3O6S. The van der Waals surface area contributed by atoms with Crippen LogP contribution in [0.5, 0.6) is 0 Å². The van der Waals surface area contributed by atoms with Crippen molar-refractivity contribution in [3.8, 4) is 0 Å². The van der Waals surface area contributed by atoms with Crippen LogP contribution in [0.4, 0.5) is 5.95 Å². The first-order valence-electron chi connectivity index (χ1n) is 9.85. The highest BCUT2D eigenvalue weighted by molar-refractivity contribution is 7.92. The fraction of sp³-hybridized carbons (Fsp3) is 0.429. The van der Waals surface area contributed by atoms with Gasteiger partial charge in [0.25, 0.3) is 10.0 Å². The number of carboxylic acids is 1. The Morgan fingerprint density at radius 3 is 2.39 bits per heavy atom. The van der Waals surface area contributed by atoms with Crippen molar-refractivity contribution in [2.24, 2.45) is 0 Å². The predicted octanol–water partition coefficient (Wildman–Crippen LogP) is 3.42. The third-order valence-corrected chi connectivity index (χ3v) is 5.43. The molecule has 0 saturated carbocycles. The number of carbonyl (C=O) groups excluding carboxylic acids is 1. The lowest BCUT2D eigenvalue weighted by atomic mass is 10.1. The van der Waals surface area contributed by atoms with E-state index >= 15 is 0 Å². The van der Waals surface area contributed by atoms with Gasteiger partial charge in [0, 0.05) is 18.8 Å². The fourth-order valence-electron chi connectivity index (χ4n) is 2.71. The molecule has 0 unspecified atom stereocenters. The summed E-state index contributed by atoms with van der Waals surface area (Å²) in [6.07, 6.45) is 5.41. The molecule has 31 heavy (non-hydrogen) atoms. The SMILES string of the molecule is CC(C)(C)OC(=O)CCCCCc1cccc(S(=O)(=O)Nc2ncc(C(=O)O)cn2)c1. The Hall–Kier alpha value is -3.01. The lowest BCUT2D eigenvalue weighted by Gasteiger charge is -2.19. The molecule has 0 saturated heterocycles. The maximum atomic E-state index is 12.6. The molecule has 9 nitrogen and oxygen atoms in total. The minimum atomic E-state index is -3.92. The third kappa shape index (κ3) is 8.33. The van der Waals surface area contributed by atoms with Gasteiger partial charge in [-0.25, -0.2) is 27.9 Å². The zero-order valence-electron chi connectivity index (χ0n) is 17.8. The molecule has 10 heteroatoms. The lowest BCUT2D eigenvalue weighted by molar-refractivity contribution is -0.154. The van der Waals surface area contributed by atoms with Crippen molar-refractivity contribution in [1.29, 1.82) is 0 Å². The normalized spacial score (nSPS) is 11.7. The smallest absolute Gasteiger partial charge is 0.338 e. The highest BCUT2D eigenvalue weighted by Crippen LogP contribution is 2.17. The summed E-state index contributed by atoms with van der Waals surface area (Å²) in [7, 11) is -3.92. The van der Waals surface area contributed by atoms with E-state index in [2.05, 4.69) is 14.7 Å². The maximum absolute atomic E-state index is 12.6. The molecule has 0 amide bonds. The van der Waals surface area contributed by atoms with Crippen LogP contribution in [-0.4, -0.2) is 41.0 Å². The highest BCUT2D eigenvalue weighted by atomic mass is 32.2. The molecule has 0 fully saturated rings. The number of unbranched alkanes of at least 4 members (excludes halogenated alkanes) is 2. The van der Waals surface area contributed by atoms with Gasteiger partial charge in [-0.3, -0.25) is 4.79 Å². The topological polar surface area (TPSA) is 136 Å². The number of aromatic carboxylic acids is 1. The van der Waals surface area contributed by atoms with Crippen LogP contribution in [0.25, 0.3) is 0 Å². The van der Waals surface area contributed by atoms with E-state index in [1.165, 1.54) is 6.07 Å². The standard InChI is InChI=1S/C21H27N3O6S/c1-21(2,3)30-18(25)11-6-4-5-8-15-9-7-10-17(12-15)31(28,29)24-20-22-13-16(14-23-20)19(26)27/h7,9-10,12-14H,4-6,8,11H2,1-3H3,(H,26,27)(H,22,23,24). The molecule has 0 atom stereocenters. The van der Waals surface area contributed by atoms with Gasteiger partial charge < -0.3 is 9.84 Å². The molecule has 1 aromatic carbocycles. The number of rotatable bonds is 10. The van der Waals surface area contributed by atoms with Gasteiger partial charge in [-0.2, -0.15) is 0 Å². The Balaban J connectivity index is 1.89. The van der Waals surface area contributed by atoms with E-state index in [1.54, 1.807) is 12.1 Å². The molecule has 0 spiro atoms. The minimum absolute atomic E-state index is 0.0599. The summed E-state index contributed by atoms with van der Waals surface area (Å²) >= 11 is 0. The van der Waals surface area contributed by atoms with Gasteiger partial charge in [0.15, 0.2) is 0 Å². The number of ether oxygens (including phenoxy) is 1. The fourth-order valence-corrected chi connectivity index (χ4v) is 3.73. The molecular weight excluding hydrogens is 422 g/mol. The minimum Gasteiger partial charge on any atom is -0.478 e. The van der Waals surface area contributed by atoms with Gasteiger partial charge in [0.2, 0.25) is 5.95 Å². The average Bonchev–Trinajstić information content (AvgIpc) is 2.66. The molecule has 2 N–H and O–H groups in total. The third-order valence-electron chi connectivity index (χ3n) is 4.10. The summed E-state index contributed by atoms with van der Waals surface area (Å²) in [6, 6.07) is 6.52. The zero-order chi connectivity index (χ0) is 23.1. The Morgan fingerprint density at radius 2 is 1.77 bits per heavy atom. The van der Waals surface area contributed by atoms with Crippen molar-refractivity contribution in [2.45, 2.75) is 63.4 Å². The summed E-state index contributed by atoms with van der Waals surface area (Å²) in [6.45, 7) is 5.49. The van der Waals surface area contributed by atoms with Crippen LogP contribution in [0.2, 0.25) is 0 Å². The largest absolute Gasteiger partial charge is 0.478 e.